The van der Waals surface area contributed by atoms with Crippen LogP contribution in [0.5, 0.6) is 0 Å². The van der Waals surface area contributed by atoms with Gasteiger partial charge in [0, 0.05) is 24.6 Å². The Labute approximate surface area is 161 Å². The van der Waals surface area contributed by atoms with Crippen LogP contribution in [-0.4, -0.2) is 29.6 Å². The van der Waals surface area contributed by atoms with Crippen molar-refractivity contribution in [2.24, 2.45) is 0 Å². The lowest BCUT2D eigenvalue weighted by molar-refractivity contribution is 0.0600. The third kappa shape index (κ3) is 3.55. The Balaban J connectivity index is 2.01. The van der Waals surface area contributed by atoms with Crippen LogP contribution < -0.4 is 4.90 Å². The topological polar surface area (TPSA) is 55.3 Å². The van der Waals surface area contributed by atoms with Crippen LogP contribution in [-0.2, 0) is 15.6 Å². The summed E-state index contributed by atoms with van der Waals surface area (Å²) in [7, 11) is 1.35. The highest BCUT2D eigenvalue weighted by molar-refractivity contribution is 5.88. The zero-order chi connectivity index (χ0) is 19.8. The van der Waals surface area contributed by atoms with Gasteiger partial charge in [0.25, 0.3) is 0 Å². The first kappa shape index (κ1) is 19.3. The predicted molar refractivity (Wildman–Crippen MR) is 108 cm³/mol. The Hall–Kier alpha value is -2.43. The number of rotatable bonds is 4. The Kier molecular flexibility index (Phi) is 4.98. The van der Waals surface area contributed by atoms with Gasteiger partial charge in [-0.15, -0.1) is 0 Å². The van der Waals surface area contributed by atoms with Crippen LogP contribution in [0.4, 0.5) is 11.6 Å². The summed E-state index contributed by atoms with van der Waals surface area (Å²) in [6.07, 6.45) is 5.40. The molecule has 0 saturated heterocycles. The van der Waals surface area contributed by atoms with Gasteiger partial charge in [0.05, 0.1) is 12.7 Å². The second-order valence-electron chi connectivity index (χ2n) is 8.51. The fourth-order valence-corrected chi connectivity index (χ4v) is 3.87. The molecule has 5 nitrogen and oxygen atoms in total. The van der Waals surface area contributed by atoms with E-state index in [0.717, 1.165) is 12.2 Å². The van der Waals surface area contributed by atoms with E-state index in [1.807, 2.05) is 0 Å². The van der Waals surface area contributed by atoms with Gasteiger partial charge in [0.2, 0.25) is 5.95 Å². The summed E-state index contributed by atoms with van der Waals surface area (Å²) < 4.78 is 4.72. The van der Waals surface area contributed by atoms with Crippen molar-refractivity contribution in [3.05, 3.63) is 47.3 Å². The molecule has 0 N–H and O–H groups in total. The van der Waals surface area contributed by atoms with Crippen molar-refractivity contribution in [2.45, 2.75) is 58.3 Å². The standard InChI is InChI=1S/C22H29N3O2/c1-7-25(20-23-13-15(14-24-20)19(26)27-6)16-8-9-17-18(12-16)22(4,5)11-10-21(17,2)3/h8-9,12-14H,7,10-11H2,1-6H3. The number of aromatic nitrogens is 2. The Morgan fingerprint density at radius 1 is 1.07 bits per heavy atom. The molecule has 1 aromatic heterocycles. The number of nitrogens with zero attached hydrogens (tertiary/aromatic N) is 3. The number of fused-ring (bicyclic) bond motifs is 1. The number of carbonyl (C=O) groups excluding carboxylic acids is 1. The predicted octanol–water partition coefficient (Wildman–Crippen LogP) is 4.77. The third-order valence-corrected chi connectivity index (χ3v) is 5.77. The molecule has 2 aromatic rings. The molecule has 0 spiro atoms. The number of hydrogen-bond acceptors (Lipinski definition) is 5. The monoisotopic (exact) mass is 367 g/mol. The minimum atomic E-state index is -0.428. The van der Waals surface area contributed by atoms with Crippen LogP contribution in [0.2, 0.25) is 0 Å². The number of anilines is 2. The molecule has 5 heteroatoms. The average Bonchev–Trinajstić information content (AvgIpc) is 2.66. The van der Waals surface area contributed by atoms with E-state index in [2.05, 4.69) is 67.7 Å². The van der Waals surface area contributed by atoms with Gasteiger partial charge < -0.3 is 9.64 Å². The zero-order valence-electron chi connectivity index (χ0n) is 17.2. The van der Waals surface area contributed by atoms with Crippen molar-refractivity contribution in [1.82, 2.24) is 9.97 Å². The number of benzene rings is 1. The summed E-state index contributed by atoms with van der Waals surface area (Å²) in [5.74, 6) is 0.153. The summed E-state index contributed by atoms with van der Waals surface area (Å²) >= 11 is 0. The van der Waals surface area contributed by atoms with Gasteiger partial charge in [-0.3, -0.25) is 0 Å². The second-order valence-corrected chi connectivity index (χ2v) is 8.51. The number of esters is 1. The van der Waals surface area contributed by atoms with Gasteiger partial charge in [-0.25, -0.2) is 14.8 Å². The molecule has 1 aliphatic carbocycles. The molecule has 0 aliphatic heterocycles. The fourth-order valence-electron chi connectivity index (χ4n) is 3.87. The first-order valence-corrected chi connectivity index (χ1v) is 9.52. The highest BCUT2D eigenvalue weighted by Crippen LogP contribution is 2.47. The smallest absolute Gasteiger partial charge is 0.341 e. The Morgan fingerprint density at radius 2 is 1.67 bits per heavy atom. The maximum Gasteiger partial charge on any atom is 0.341 e. The average molecular weight is 367 g/mol. The van der Waals surface area contributed by atoms with Crippen LogP contribution in [0.15, 0.2) is 30.6 Å². The molecule has 0 fully saturated rings. The number of ether oxygens (including phenoxy) is 1. The summed E-state index contributed by atoms with van der Waals surface area (Å²) in [6.45, 7) is 12.1. The minimum Gasteiger partial charge on any atom is -0.465 e. The lowest BCUT2D eigenvalue weighted by atomic mass is 9.63. The lowest BCUT2D eigenvalue weighted by Crippen LogP contribution is -2.34. The first-order valence-electron chi connectivity index (χ1n) is 9.52. The Morgan fingerprint density at radius 3 is 2.22 bits per heavy atom. The minimum absolute atomic E-state index is 0.149. The summed E-state index contributed by atoms with van der Waals surface area (Å²) in [5.41, 5.74) is 4.61. The largest absolute Gasteiger partial charge is 0.465 e. The Bertz CT molecular complexity index is 841. The van der Waals surface area contributed by atoms with Crippen molar-refractivity contribution in [1.29, 1.82) is 0 Å². The van der Waals surface area contributed by atoms with Crippen molar-refractivity contribution >= 4 is 17.6 Å². The molecule has 3 rings (SSSR count). The highest BCUT2D eigenvalue weighted by atomic mass is 16.5. The van der Waals surface area contributed by atoms with Crippen molar-refractivity contribution < 1.29 is 9.53 Å². The van der Waals surface area contributed by atoms with Gasteiger partial charge in [-0.2, -0.15) is 0 Å². The van der Waals surface area contributed by atoms with Crippen LogP contribution in [0.25, 0.3) is 0 Å². The summed E-state index contributed by atoms with van der Waals surface area (Å²) in [5, 5.41) is 0. The van der Waals surface area contributed by atoms with Crippen molar-refractivity contribution in [3.8, 4) is 0 Å². The van der Waals surface area contributed by atoms with Crippen LogP contribution in [0.1, 0.15) is 68.9 Å². The molecular weight excluding hydrogens is 338 g/mol. The molecule has 0 unspecified atom stereocenters. The van der Waals surface area contributed by atoms with Gasteiger partial charge in [0.15, 0.2) is 0 Å². The highest BCUT2D eigenvalue weighted by Gasteiger charge is 2.37. The molecule has 27 heavy (non-hydrogen) atoms. The molecule has 1 aliphatic rings. The van der Waals surface area contributed by atoms with Gasteiger partial charge in [-0.1, -0.05) is 33.8 Å². The van der Waals surface area contributed by atoms with Gasteiger partial charge in [0.1, 0.15) is 0 Å². The fraction of sp³-hybridized carbons (Fsp3) is 0.500. The molecule has 144 valence electrons. The second kappa shape index (κ2) is 6.95. The third-order valence-electron chi connectivity index (χ3n) is 5.77. The first-order chi connectivity index (χ1) is 12.7. The SMILES string of the molecule is CCN(c1ccc2c(c1)C(C)(C)CCC2(C)C)c1ncc(C(=O)OC)cn1. The number of methoxy groups -OCH3 is 1. The van der Waals surface area contributed by atoms with E-state index >= 15 is 0 Å². The quantitative estimate of drug-likeness (QED) is 0.729. The number of hydrogen-bond donors (Lipinski definition) is 0. The molecule has 0 radical (unpaired) electrons. The maximum atomic E-state index is 11.6. The number of carbonyl (C=O) groups is 1. The van der Waals surface area contributed by atoms with E-state index in [1.165, 1.54) is 43.5 Å². The summed E-state index contributed by atoms with van der Waals surface area (Å²) in [4.78, 5) is 22.5. The molecule has 0 atom stereocenters. The van der Waals surface area contributed by atoms with Gasteiger partial charge >= 0.3 is 5.97 Å². The van der Waals surface area contributed by atoms with E-state index in [9.17, 15) is 4.79 Å². The molecule has 1 heterocycles. The normalized spacial score (nSPS) is 17.1. The van der Waals surface area contributed by atoms with Crippen molar-refractivity contribution in [3.63, 3.8) is 0 Å². The van der Waals surface area contributed by atoms with Crippen LogP contribution in [0.3, 0.4) is 0 Å². The van der Waals surface area contributed by atoms with E-state index in [1.54, 1.807) is 0 Å². The lowest BCUT2D eigenvalue weighted by Gasteiger charge is -2.42. The maximum absolute atomic E-state index is 11.6. The van der Waals surface area contributed by atoms with E-state index in [-0.39, 0.29) is 10.8 Å². The van der Waals surface area contributed by atoms with E-state index < -0.39 is 5.97 Å². The van der Waals surface area contributed by atoms with E-state index in [4.69, 9.17) is 4.74 Å². The molecular formula is C22H29N3O2. The van der Waals surface area contributed by atoms with E-state index in [0.29, 0.717) is 11.5 Å². The molecule has 0 saturated carbocycles. The van der Waals surface area contributed by atoms with Crippen LogP contribution >= 0.6 is 0 Å². The molecule has 0 bridgehead atoms. The van der Waals surface area contributed by atoms with Crippen LogP contribution in [0, 0.1) is 0 Å². The zero-order valence-corrected chi connectivity index (χ0v) is 17.2. The van der Waals surface area contributed by atoms with Crippen molar-refractivity contribution in [2.75, 3.05) is 18.6 Å². The van der Waals surface area contributed by atoms with Gasteiger partial charge in [-0.05, 0) is 53.9 Å². The summed E-state index contributed by atoms with van der Waals surface area (Å²) in [6, 6.07) is 6.71. The molecule has 0 amide bonds. The molecule has 1 aromatic carbocycles.